The third kappa shape index (κ3) is 3.72. The first kappa shape index (κ1) is 18.8. The van der Waals surface area contributed by atoms with Crippen molar-refractivity contribution in [2.75, 3.05) is 11.4 Å². The van der Waals surface area contributed by atoms with Gasteiger partial charge >= 0.3 is 0 Å². The molecule has 0 spiro atoms. The molecule has 1 aromatic rings. The van der Waals surface area contributed by atoms with Gasteiger partial charge in [-0.1, -0.05) is 37.5 Å². The van der Waals surface area contributed by atoms with Crippen LogP contribution in [0.25, 0.3) is 0 Å². The number of aryl methyl sites for hydroxylation is 1. The number of carbonyl (C=O) groups excluding carboxylic acids is 3. The van der Waals surface area contributed by atoms with Gasteiger partial charge in [0.2, 0.25) is 22.9 Å². The van der Waals surface area contributed by atoms with Crippen molar-refractivity contribution < 1.29 is 14.4 Å². The molecule has 0 aromatic carbocycles. The van der Waals surface area contributed by atoms with E-state index >= 15 is 0 Å². The molecule has 1 aliphatic carbocycles. The van der Waals surface area contributed by atoms with Crippen molar-refractivity contribution in [1.82, 2.24) is 15.5 Å². The molecule has 3 amide bonds. The largest absolute Gasteiger partial charge is 0.368 e. The number of anilines is 1. The SMILES string of the molecule is CCCc1nnc(N2CC(C(=O)NC3(C(N)=O)CCCCC3)CC2=O)s1. The molecule has 2 aliphatic rings. The van der Waals surface area contributed by atoms with Gasteiger partial charge < -0.3 is 11.1 Å². The minimum absolute atomic E-state index is 0.114. The molecule has 1 aliphatic heterocycles. The Morgan fingerprint density at radius 1 is 1.31 bits per heavy atom. The lowest BCUT2D eigenvalue weighted by molar-refractivity contribution is -0.135. The lowest BCUT2D eigenvalue weighted by Gasteiger charge is -2.35. The van der Waals surface area contributed by atoms with Crippen molar-refractivity contribution in [1.29, 1.82) is 0 Å². The Balaban J connectivity index is 1.67. The van der Waals surface area contributed by atoms with Crippen LogP contribution in [0.2, 0.25) is 0 Å². The normalized spacial score (nSPS) is 22.4. The summed E-state index contributed by atoms with van der Waals surface area (Å²) >= 11 is 1.39. The number of amides is 3. The molecule has 3 N–H and O–H groups in total. The first-order chi connectivity index (χ1) is 12.4. The molecule has 3 rings (SSSR count). The van der Waals surface area contributed by atoms with E-state index in [0.29, 0.717) is 18.0 Å². The lowest BCUT2D eigenvalue weighted by atomic mass is 9.80. The van der Waals surface area contributed by atoms with Crippen molar-refractivity contribution in [3.63, 3.8) is 0 Å². The Hall–Kier alpha value is -2.03. The Morgan fingerprint density at radius 3 is 2.69 bits per heavy atom. The number of primary amides is 1. The first-order valence-corrected chi connectivity index (χ1v) is 10.0. The van der Waals surface area contributed by atoms with Crippen molar-refractivity contribution >= 4 is 34.2 Å². The summed E-state index contributed by atoms with van der Waals surface area (Å²) in [6.45, 7) is 2.32. The fourth-order valence-corrected chi connectivity index (χ4v) is 4.63. The molecule has 1 unspecified atom stereocenters. The van der Waals surface area contributed by atoms with Crippen LogP contribution < -0.4 is 16.0 Å². The van der Waals surface area contributed by atoms with Crippen molar-refractivity contribution in [2.24, 2.45) is 11.7 Å². The summed E-state index contributed by atoms with van der Waals surface area (Å²) in [5.74, 6) is -1.40. The van der Waals surface area contributed by atoms with Crippen LogP contribution in [0.5, 0.6) is 0 Å². The molecule has 0 bridgehead atoms. The molecule has 26 heavy (non-hydrogen) atoms. The zero-order valence-electron chi connectivity index (χ0n) is 15.0. The van der Waals surface area contributed by atoms with E-state index in [0.717, 1.165) is 37.1 Å². The summed E-state index contributed by atoms with van der Waals surface area (Å²) in [6, 6.07) is 0. The quantitative estimate of drug-likeness (QED) is 0.768. The van der Waals surface area contributed by atoms with Crippen LogP contribution in [-0.2, 0) is 20.8 Å². The van der Waals surface area contributed by atoms with Gasteiger partial charge in [0.15, 0.2) is 0 Å². The van der Waals surface area contributed by atoms with E-state index in [1.54, 1.807) is 0 Å². The summed E-state index contributed by atoms with van der Waals surface area (Å²) in [4.78, 5) is 38.6. The maximum absolute atomic E-state index is 12.7. The van der Waals surface area contributed by atoms with Crippen LogP contribution in [-0.4, -0.2) is 40.0 Å². The highest BCUT2D eigenvalue weighted by Gasteiger charge is 2.43. The third-order valence-electron chi connectivity index (χ3n) is 5.19. The smallest absolute Gasteiger partial charge is 0.243 e. The molecular formula is C17H25N5O3S. The maximum Gasteiger partial charge on any atom is 0.243 e. The number of nitrogens with zero attached hydrogens (tertiary/aromatic N) is 3. The third-order valence-corrected chi connectivity index (χ3v) is 6.19. The van der Waals surface area contributed by atoms with Gasteiger partial charge in [-0.3, -0.25) is 19.3 Å². The predicted octanol–water partition coefficient (Wildman–Crippen LogP) is 1.15. The summed E-state index contributed by atoms with van der Waals surface area (Å²) in [5, 5.41) is 12.5. The fraction of sp³-hybridized carbons (Fsp3) is 0.706. The minimum Gasteiger partial charge on any atom is -0.368 e. The number of carbonyl (C=O) groups is 3. The van der Waals surface area contributed by atoms with E-state index in [4.69, 9.17) is 5.73 Å². The van der Waals surface area contributed by atoms with Gasteiger partial charge in [-0.05, 0) is 19.3 Å². The Labute approximate surface area is 156 Å². The van der Waals surface area contributed by atoms with Gasteiger partial charge in [-0.25, -0.2) is 0 Å². The first-order valence-electron chi connectivity index (χ1n) is 9.20. The second kappa shape index (κ2) is 7.69. The molecule has 9 heteroatoms. The van der Waals surface area contributed by atoms with Gasteiger partial charge in [0.05, 0.1) is 5.92 Å². The zero-order chi connectivity index (χ0) is 18.7. The van der Waals surface area contributed by atoms with E-state index in [-0.39, 0.29) is 24.8 Å². The average molecular weight is 379 g/mol. The van der Waals surface area contributed by atoms with Crippen molar-refractivity contribution in [2.45, 2.75) is 63.8 Å². The standard InChI is InChI=1S/C17H25N5O3S/c1-2-6-12-20-21-16(26-12)22-10-11(9-13(22)23)14(24)19-17(15(18)25)7-4-3-5-8-17/h11H,2-10H2,1H3,(H2,18,25)(H,19,24). The predicted molar refractivity (Wildman–Crippen MR) is 97.5 cm³/mol. The number of aromatic nitrogens is 2. The highest BCUT2D eigenvalue weighted by molar-refractivity contribution is 7.15. The number of hydrogen-bond donors (Lipinski definition) is 2. The van der Waals surface area contributed by atoms with Gasteiger partial charge in [-0.15, -0.1) is 10.2 Å². The Kier molecular flexibility index (Phi) is 5.55. The topological polar surface area (TPSA) is 118 Å². The Bertz CT molecular complexity index is 698. The van der Waals surface area contributed by atoms with Crippen LogP contribution in [0, 0.1) is 5.92 Å². The summed E-state index contributed by atoms with van der Waals surface area (Å²) in [5.41, 5.74) is 4.61. The molecule has 1 atom stereocenters. The van der Waals surface area contributed by atoms with E-state index in [1.807, 2.05) is 0 Å². The lowest BCUT2D eigenvalue weighted by Crippen LogP contribution is -2.59. The van der Waals surface area contributed by atoms with Crippen LogP contribution >= 0.6 is 11.3 Å². The van der Waals surface area contributed by atoms with Gasteiger partial charge in [-0.2, -0.15) is 0 Å². The van der Waals surface area contributed by atoms with Crippen LogP contribution in [0.4, 0.5) is 5.13 Å². The van der Waals surface area contributed by atoms with Gasteiger partial charge in [0, 0.05) is 19.4 Å². The summed E-state index contributed by atoms with van der Waals surface area (Å²) in [6.07, 6.45) is 5.80. The maximum atomic E-state index is 12.7. The number of hydrogen-bond acceptors (Lipinski definition) is 6. The van der Waals surface area contributed by atoms with E-state index in [2.05, 4.69) is 22.4 Å². The fourth-order valence-electron chi connectivity index (χ4n) is 3.66. The molecule has 1 aromatic heterocycles. The monoisotopic (exact) mass is 379 g/mol. The van der Waals surface area contributed by atoms with Crippen LogP contribution in [0.3, 0.4) is 0 Å². The number of rotatable bonds is 6. The number of nitrogens with two attached hydrogens (primary N) is 1. The van der Waals surface area contributed by atoms with Crippen LogP contribution in [0.1, 0.15) is 56.9 Å². The van der Waals surface area contributed by atoms with E-state index in [1.165, 1.54) is 16.2 Å². The van der Waals surface area contributed by atoms with Crippen molar-refractivity contribution in [3.05, 3.63) is 5.01 Å². The highest BCUT2D eigenvalue weighted by atomic mass is 32.1. The second-order valence-electron chi connectivity index (χ2n) is 7.13. The van der Waals surface area contributed by atoms with Crippen LogP contribution in [0.15, 0.2) is 0 Å². The molecule has 142 valence electrons. The molecule has 1 saturated carbocycles. The molecule has 8 nitrogen and oxygen atoms in total. The molecule has 2 fully saturated rings. The van der Waals surface area contributed by atoms with E-state index < -0.39 is 17.4 Å². The van der Waals surface area contributed by atoms with Crippen molar-refractivity contribution in [3.8, 4) is 0 Å². The zero-order valence-corrected chi connectivity index (χ0v) is 15.8. The minimum atomic E-state index is -0.969. The molecular weight excluding hydrogens is 354 g/mol. The summed E-state index contributed by atoms with van der Waals surface area (Å²) in [7, 11) is 0. The van der Waals surface area contributed by atoms with Gasteiger partial charge in [0.1, 0.15) is 10.5 Å². The Morgan fingerprint density at radius 2 is 2.04 bits per heavy atom. The van der Waals surface area contributed by atoms with Gasteiger partial charge in [0.25, 0.3) is 0 Å². The molecule has 2 heterocycles. The highest BCUT2D eigenvalue weighted by Crippen LogP contribution is 2.31. The molecule has 1 saturated heterocycles. The summed E-state index contributed by atoms with van der Waals surface area (Å²) < 4.78 is 0. The van der Waals surface area contributed by atoms with E-state index in [9.17, 15) is 14.4 Å². The second-order valence-corrected chi connectivity index (χ2v) is 8.17. The number of nitrogens with one attached hydrogen (secondary N) is 1. The molecule has 0 radical (unpaired) electrons. The average Bonchev–Trinajstić information content (AvgIpc) is 3.22.